The summed E-state index contributed by atoms with van der Waals surface area (Å²) in [5.41, 5.74) is 7.72. The molecule has 0 aliphatic heterocycles. The molecule has 2 unspecified atom stereocenters. The van der Waals surface area contributed by atoms with Crippen LogP contribution in [0.3, 0.4) is 0 Å². The van der Waals surface area contributed by atoms with E-state index < -0.39 is 0 Å². The average Bonchev–Trinajstić information content (AvgIpc) is 2.59. The molecule has 0 aliphatic carbocycles. The Hall–Kier alpha value is -2.20. The normalized spacial score (nSPS) is 13.3. The third kappa shape index (κ3) is 5.78. The molecule has 24 heavy (non-hydrogen) atoms. The second kappa shape index (κ2) is 9.18. The summed E-state index contributed by atoms with van der Waals surface area (Å²) in [6, 6.07) is 15.5. The largest absolute Gasteiger partial charge is 0.491 e. The predicted molar refractivity (Wildman–Crippen MR) is 97.5 cm³/mol. The molecular formula is C20H27NO3. The second-order valence-corrected chi connectivity index (χ2v) is 5.86. The van der Waals surface area contributed by atoms with Gasteiger partial charge < -0.3 is 19.9 Å². The number of hydrogen-bond acceptors (Lipinski definition) is 4. The molecule has 0 bridgehead atoms. The van der Waals surface area contributed by atoms with Crippen molar-refractivity contribution in [1.82, 2.24) is 0 Å². The van der Waals surface area contributed by atoms with Gasteiger partial charge in [-0.15, -0.1) is 0 Å². The van der Waals surface area contributed by atoms with Crippen LogP contribution in [0.25, 0.3) is 0 Å². The first-order chi connectivity index (χ1) is 11.6. The van der Waals surface area contributed by atoms with Gasteiger partial charge in [0.2, 0.25) is 0 Å². The highest BCUT2D eigenvalue weighted by Gasteiger charge is 2.06. The van der Waals surface area contributed by atoms with E-state index in [-0.39, 0.29) is 6.29 Å². The van der Waals surface area contributed by atoms with Crippen molar-refractivity contribution in [1.29, 1.82) is 0 Å². The number of ether oxygens (including phenoxy) is 3. The maximum atomic E-state index is 5.76. The molecule has 0 saturated carbocycles. The van der Waals surface area contributed by atoms with Crippen molar-refractivity contribution in [2.45, 2.75) is 39.4 Å². The molecule has 2 rings (SSSR count). The van der Waals surface area contributed by atoms with Crippen LogP contribution in [0.5, 0.6) is 11.5 Å². The Morgan fingerprint density at radius 1 is 0.958 bits per heavy atom. The van der Waals surface area contributed by atoms with Gasteiger partial charge in [-0.05, 0) is 49.1 Å². The van der Waals surface area contributed by atoms with Crippen molar-refractivity contribution in [3.63, 3.8) is 0 Å². The van der Waals surface area contributed by atoms with Crippen LogP contribution >= 0.6 is 0 Å². The summed E-state index contributed by atoms with van der Waals surface area (Å²) in [4.78, 5) is 0. The second-order valence-electron chi connectivity index (χ2n) is 5.86. The Morgan fingerprint density at radius 2 is 1.71 bits per heavy atom. The Bertz CT molecular complexity index is 613. The van der Waals surface area contributed by atoms with Gasteiger partial charge in [0.25, 0.3) is 0 Å². The van der Waals surface area contributed by atoms with E-state index in [9.17, 15) is 0 Å². The highest BCUT2D eigenvalue weighted by Crippen LogP contribution is 2.22. The van der Waals surface area contributed by atoms with E-state index >= 15 is 0 Å². The Kier molecular flexibility index (Phi) is 6.94. The summed E-state index contributed by atoms with van der Waals surface area (Å²) in [6.45, 7) is 7.19. The van der Waals surface area contributed by atoms with Crippen LogP contribution in [0, 0.1) is 0 Å². The molecule has 0 aliphatic rings. The lowest BCUT2D eigenvalue weighted by atomic mass is 9.99. The summed E-state index contributed by atoms with van der Waals surface area (Å²) < 4.78 is 17.0. The monoisotopic (exact) mass is 329 g/mol. The zero-order valence-corrected chi connectivity index (χ0v) is 14.7. The van der Waals surface area contributed by atoms with Gasteiger partial charge in [-0.1, -0.05) is 32.0 Å². The molecule has 0 fully saturated rings. The lowest BCUT2D eigenvalue weighted by Crippen LogP contribution is -2.19. The lowest BCUT2D eigenvalue weighted by Gasteiger charge is -2.16. The van der Waals surface area contributed by atoms with Gasteiger partial charge in [-0.25, -0.2) is 0 Å². The van der Waals surface area contributed by atoms with Crippen molar-refractivity contribution >= 4 is 5.69 Å². The fourth-order valence-corrected chi connectivity index (χ4v) is 2.31. The van der Waals surface area contributed by atoms with Crippen molar-refractivity contribution in [3.05, 3.63) is 54.1 Å². The summed E-state index contributed by atoms with van der Waals surface area (Å²) in [7, 11) is 0. The van der Waals surface area contributed by atoms with Gasteiger partial charge in [-0.3, -0.25) is 0 Å². The van der Waals surface area contributed by atoms with Crippen molar-refractivity contribution in [3.8, 4) is 11.5 Å². The smallest absolute Gasteiger partial charge is 0.197 e. The first kappa shape index (κ1) is 18.1. The van der Waals surface area contributed by atoms with Crippen molar-refractivity contribution in [2.24, 2.45) is 0 Å². The molecule has 130 valence electrons. The maximum Gasteiger partial charge on any atom is 0.197 e. The van der Waals surface area contributed by atoms with E-state index in [1.165, 1.54) is 5.56 Å². The number of benzene rings is 2. The first-order valence-corrected chi connectivity index (χ1v) is 8.45. The van der Waals surface area contributed by atoms with E-state index in [1.54, 1.807) is 6.07 Å². The third-order valence-corrected chi connectivity index (χ3v) is 3.93. The van der Waals surface area contributed by atoms with Gasteiger partial charge in [0.1, 0.15) is 18.1 Å². The number of nitrogens with two attached hydrogens (primary N) is 1. The van der Waals surface area contributed by atoms with Gasteiger partial charge in [0, 0.05) is 11.8 Å². The van der Waals surface area contributed by atoms with Crippen LogP contribution in [0.1, 0.15) is 38.7 Å². The number of rotatable bonds is 9. The van der Waals surface area contributed by atoms with E-state index in [0.717, 1.165) is 17.9 Å². The number of nitrogen functional groups attached to an aromatic ring is 1. The molecule has 0 radical (unpaired) electrons. The van der Waals surface area contributed by atoms with Crippen LogP contribution in [-0.4, -0.2) is 19.5 Å². The maximum absolute atomic E-state index is 5.76. The van der Waals surface area contributed by atoms with Crippen molar-refractivity contribution < 1.29 is 14.2 Å². The van der Waals surface area contributed by atoms with E-state index in [1.807, 2.05) is 37.3 Å². The van der Waals surface area contributed by atoms with Crippen LogP contribution in [0.4, 0.5) is 5.69 Å². The van der Waals surface area contributed by atoms with E-state index in [0.29, 0.717) is 24.8 Å². The topological polar surface area (TPSA) is 53.7 Å². The Balaban J connectivity index is 1.70. The first-order valence-electron chi connectivity index (χ1n) is 8.45. The van der Waals surface area contributed by atoms with Crippen LogP contribution in [-0.2, 0) is 4.74 Å². The van der Waals surface area contributed by atoms with E-state index in [2.05, 4.69) is 26.0 Å². The Labute approximate surface area is 144 Å². The molecule has 2 aromatic rings. The predicted octanol–water partition coefficient (Wildman–Crippen LogP) is 4.60. The van der Waals surface area contributed by atoms with Gasteiger partial charge in [-0.2, -0.15) is 0 Å². The molecule has 2 N–H and O–H groups in total. The van der Waals surface area contributed by atoms with Gasteiger partial charge >= 0.3 is 0 Å². The minimum atomic E-state index is -0.330. The lowest BCUT2D eigenvalue weighted by molar-refractivity contribution is -0.0739. The highest BCUT2D eigenvalue weighted by molar-refractivity contribution is 5.43. The van der Waals surface area contributed by atoms with Crippen molar-refractivity contribution in [2.75, 3.05) is 18.9 Å². The van der Waals surface area contributed by atoms with Crippen LogP contribution in [0.15, 0.2) is 48.5 Å². The molecule has 0 aromatic heterocycles. The zero-order valence-electron chi connectivity index (χ0n) is 14.7. The van der Waals surface area contributed by atoms with Crippen LogP contribution < -0.4 is 15.2 Å². The fourth-order valence-electron chi connectivity index (χ4n) is 2.31. The van der Waals surface area contributed by atoms with Crippen LogP contribution in [0.2, 0.25) is 0 Å². The number of anilines is 1. The molecule has 4 nitrogen and oxygen atoms in total. The SMILES string of the molecule is CCC(C)c1ccc(OC(C)OCCOc2cccc(N)c2)cc1. The standard InChI is InChI=1S/C20H27NO3/c1-4-15(2)17-8-10-19(11-9-17)24-16(3)22-12-13-23-20-7-5-6-18(21)14-20/h5-11,14-16H,4,12-13,21H2,1-3H3. The molecule has 0 amide bonds. The molecule has 2 atom stereocenters. The minimum Gasteiger partial charge on any atom is -0.491 e. The summed E-state index contributed by atoms with van der Waals surface area (Å²) in [5.74, 6) is 2.12. The number of hydrogen-bond donors (Lipinski definition) is 1. The molecule has 0 saturated heterocycles. The third-order valence-electron chi connectivity index (χ3n) is 3.93. The summed E-state index contributed by atoms with van der Waals surface area (Å²) >= 11 is 0. The summed E-state index contributed by atoms with van der Waals surface area (Å²) in [6.07, 6.45) is 0.802. The van der Waals surface area contributed by atoms with E-state index in [4.69, 9.17) is 19.9 Å². The molecule has 0 spiro atoms. The highest BCUT2D eigenvalue weighted by atomic mass is 16.7. The Morgan fingerprint density at radius 3 is 2.38 bits per heavy atom. The fraction of sp³-hybridized carbons (Fsp3) is 0.400. The minimum absolute atomic E-state index is 0.330. The molecule has 2 aromatic carbocycles. The van der Waals surface area contributed by atoms with Gasteiger partial charge in [0.05, 0.1) is 6.61 Å². The molecular weight excluding hydrogens is 302 g/mol. The quantitative estimate of drug-likeness (QED) is 0.415. The molecule has 4 heteroatoms. The molecule has 0 heterocycles. The average molecular weight is 329 g/mol. The van der Waals surface area contributed by atoms with Gasteiger partial charge in [0.15, 0.2) is 6.29 Å². The zero-order chi connectivity index (χ0) is 17.4. The summed E-state index contributed by atoms with van der Waals surface area (Å²) in [5, 5.41) is 0.